The van der Waals surface area contributed by atoms with E-state index in [2.05, 4.69) is 59.1 Å². The Labute approximate surface area is 104 Å². The molecule has 0 saturated heterocycles. The predicted molar refractivity (Wildman–Crippen MR) is 75.7 cm³/mol. The first-order chi connectivity index (χ1) is 8.86. The van der Waals surface area contributed by atoms with Gasteiger partial charge in [0.25, 0.3) is 0 Å². The average Bonchev–Trinajstić information content (AvgIpc) is 2.73. The molecule has 0 atom stereocenters. The number of nitrogens with zero attached hydrogens (tertiary/aromatic N) is 2. The van der Waals surface area contributed by atoms with Crippen molar-refractivity contribution in [3.05, 3.63) is 54.9 Å². The van der Waals surface area contributed by atoms with Crippen molar-refractivity contribution in [1.29, 1.82) is 0 Å². The molecule has 0 spiro atoms. The summed E-state index contributed by atoms with van der Waals surface area (Å²) in [6.45, 7) is 0. The molecule has 2 aromatic carbocycles. The number of hydrogen-bond donors (Lipinski definition) is 0. The van der Waals surface area contributed by atoms with Crippen molar-refractivity contribution in [2.75, 3.05) is 0 Å². The van der Waals surface area contributed by atoms with Gasteiger partial charge in [0.1, 0.15) is 0 Å². The largest absolute Gasteiger partial charge is 0.344 e. The standard InChI is InChI=1S/C16H12N2/c1-18-14-5-3-2-4-12(14)16-13-10-17-9-8-11(13)6-7-15(16)18/h2-10H,1H3. The summed E-state index contributed by atoms with van der Waals surface area (Å²) in [6, 6.07) is 15.0. The van der Waals surface area contributed by atoms with Gasteiger partial charge in [0.2, 0.25) is 0 Å². The Kier molecular flexibility index (Phi) is 1.78. The molecular weight excluding hydrogens is 220 g/mol. The molecule has 0 radical (unpaired) electrons. The number of pyridine rings is 1. The molecule has 86 valence electrons. The van der Waals surface area contributed by atoms with E-state index in [0.717, 1.165) is 0 Å². The van der Waals surface area contributed by atoms with Crippen LogP contribution in [0, 0.1) is 0 Å². The number of benzene rings is 2. The van der Waals surface area contributed by atoms with Gasteiger partial charge in [0, 0.05) is 46.6 Å². The van der Waals surface area contributed by atoms with Gasteiger partial charge in [-0.15, -0.1) is 0 Å². The third-order valence-electron chi connectivity index (χ3n) is 3.70. The van der Waals surface area contributed by atoms with E-state index in [0.29, 0.717) is 0 Å². The van der Waals surface area contributed by atoms with E-state index in [9.17, 15) is 0 Å². The molecule has 0 aliphatic rings. The minimum atomic E-state index is 1.23. The maximum atomic E-state index is 4.27. The molecule has 0 unspecified atom stereocenters. The first-order valence-electron chi connectivity index (χ1n) is 6.06. The van der Waals surface area contributed by atoms with Crippen molar-refractivity contribution in [1.82, 2.24) is 9.55 Å². The third-order valence-corrected chi connectivity index (χ3v) is 3.70. The summed E-state index contributed by atoms with van der Waals surface area (Å²) in [4.78, 5) is 4.27. The minimum Gasteiger partial charge on any atom is -0.344 e. The lowest BCUT2D eigenvalue weighted by Crippen LogP contribution is -1.85. The number of hydrogen-bond acceptors (Lipinski definition) is 1. The smallest absolute Gasteiger partial charge is 0.0495 e. The highest BCUT2D eigenvalue weighted by atomic mass is 14.9. The summed E-state index contributed by atoms with van der Waals surface area (Å²) in [5.41, 5.74) is 2.53. The van der Waals surface area contributed by atoms with Crippen LogP contribution in [0.5, 0.6) is 0 Å². The van der Waals surface area contributed by atoms with Crippen LogP contribution < -0.4 is 0 Å². The molecule has 0 aliphatic carbocycles. The lowest BCUT2D eigenvalue weighted by Gasteiger charge is -2.00. The van der Waals surface area contributed by atoms with E-state index in [-0.39, 0.29) is 0 Å². The molecule has 0 amide bonds. The molecular formula is C16H12N2. The van der Waals surface area contributed by atoms with Crippen LogP contribution in [0.25, 0.3) is 32.6 Å². The van der Waals surface area contributed by atoms with Gasteiger partial charge in [-0.3, -0.25) is 4.98 Å². The Bertz CT molecular complexity index is 887. The van der Waals surface area contributed by atoms with Crippen molar-refractivity contribution in [2.24, 2.45) is 7.05 Å². The summed E-state index contributed by atoms with van der Waals surface area (Å²) in [5.74, 6) is 0. The summed E-state index contributed by atoms with van der Waals surface area (Å²) in [7, 11) is 2.12. The SMILES string of the molecule is Cn1c2ccccc2c2c3cnccc3ccc21. The number of aryl methyl sites for hydroxylation is 1. The van der Waals surface area contributed by atoms with E-state index >= 15 is 0 Å². The molecule has 4 rings (SSSR count). The summed E-state index contributed by atoms with van der Waals surface area (Å²) < 4.78 is 2.25. The number of para-hydroxylation sites is 1. The molecule has 0 fully saturated rings. The second-order valence-electron chi connectivity index (χ2n) is 4.63. The normalized spacial score (nSPS) is 11.6. The van der Waals surface area contributed by atoms with Gasteiger partial charge in [0.05, 0.1) is 0 Å². The molecule has 0 saturated carbocycles. The number of rotatable bonds is 0. The Balaban J connectivity index is 2.41. The molecule has 0 N–H and O–H groups in total. The van der Waals surface area contributed by atoms with Gasteiger partial charge in [-0.2, -0.15) is 0 Å². The van der Waals surface area contributed by atoms with Crippen LogP contribution in [0.2, 0.25) is 0 Å². The molecule has 0 aliphatic heterocycles. The topological polar surface area (TPSA) is 17.8 Å². The first-order valence-corrected chi connectivity index (χ1v) is 6.06. The average molecular weight is 232 g/mol. The zero-order valence-electron chi connectivity index (χ0n) is 10.1. The highest BCUT2D eigenvalue weighted by Crippen LogP contribution is 2.33. The second-order valence-corrected chi connectivity index (χ2v) is 4.63. The van der Waals surface area contributed by atoms with Gasteiger partial charge in [-0.25, -0.2) is 0 Å². The van der Waals surface area contributed by atoms with Crippen LogP contribution in [0.1, 0.15) is 0 Å². The van der Waals surface area contributed by atoms with Gasteiger partial charge in [-0.05, 0) is 23.6 Å². The number of fused-ring (bicyclic) bond motifs is 5. The van der Waals surface area contributed by atoms with Crippen molar-refractivity contribution < 1.29 is 0 Å². The fraction of sp³-hybridized carbons (Fsp3) is 0.0625. The van der Waals surface area contributed by atoms with Crippen LogP contribution in [0.15, 0.2) is 54.9 Å². The minimum absolute atomic E-state index is 1.23. The van der Waals surface area contributed by atoms with Crippen LogP contribution in [0.3, 0.4) is 0 Å². The van der Waals surface area contributed by atoms with E-state index < -0.39 is 0 Å². The number of aromatic nitrogens is 2. The lowest BCUT2D eigenvalue weighted by atomic mass is 10.1. The van der Waals surface area contributed by atoms with Gasteiger partial charge < -0.3 is 4.57 Å². The molecule has 4 aromatic rings. The fourth-order valence-corrected chi connectivity index (χ4v) is 2.82. The van der Waals surface area contributed by atoms with Crippen LogP contribution in [-0.4, -0.2) is 9.55 Å². The van der Waals surface area contributed by atoms with Gasteiger partial charge in [0.15, 0.2) is 0 Å². The predicted octanol–water partition coefficient (Wildman–Crippen LogP) is 3.88. The van der Waals surface area contributed by atoms with Crippen LogP contribution in [0.4, 0.5) is 0 Å². The van der Waals surface area contributed by atoms with E-state index in [4.69, 9.17) is 0 Å². The van der Waals surface area contributed by atoms with E-state index in [1.807, 2.05) is 12.4 Å². The van der Waals surface area contributed by atoms with Crippen LogP contribution in [-0.2, 0) is 7.05 Å². The molecule has 2 aromatic heterocycles. The summed E-state index contributed by atoms with van der Waals surface area (Å²) >= 11 is 0. The van der Waals surface area contributed by atoms with Crippen molar-refractivity contribution >= 4 is 32.6 Å². The molecule has 0 bridgehead atoms. The highest BCUT2D eigenvalue weighted by Gasteiger charge is 2.10. The van der Waals surface area contributed by atoms with Gasteiger partial charge in [-0.1, -0.05) is 24.3 Å². The zero-order valence-corrected chi connectivity index (χ0v) is 10.1. The molecule has 18 heavy (non-hydrogen) atoms. The second kappa shape index (κ2) is 3.33. The van der Waals surface area contributed by atoms with Crippen molar-refractivity contribution in [2.45, 2.75) is 0 Å². The zero-order chi connectivity index (χ0) is 12.1. The Morgan fingerprint density at radius 3 is 2.72 bits per heavy atom. The maximum Gasteiger partial charge on any atom is 0.0495 e. The van der Waals surface area contributed by atoms with E-state index in [1.54, 1.807) is 0 Å². The molecule has 2 heterocycles. The quantitative estimate of drug-likeness (QED) is 0.450. The lowest BCUT2D eigenvalue weighted by molar-refractivity contribution is 1.01. The van der Waals surface area contributed by atoms with Crippen molar-refractivity contribution in [3.8, 4) is 0 Å². The van der Waals surface area contributed by atoms with Crippen molar-refractivity contribution in [3.63, 3.8) is 0 Å². The summed E-state index contributed by atoms with van der Waals surface area (Å²) in [5, 5.41) is 5.08. The monoisotopic (exact) mass is 232 g/mol. The fourth-order valence-electron chi connectivity index (χ4n) is 2.82. The van der Waals surface area contributed by atoms with Gasteiger partial charge >= 0.3 is 0 Å². The highest BCUT2D eigenvalue weighted by molar-refractivity contribution is 6.20. The summed E-state index contributed by atoms with van der Waals surface area (Å²) in [6.07, 6.45) is 3.81. The Hall–Kier alpha value is -2.35. The Morgan fingerprint density at radius 1 is 0.889 bits per heavy atom. The van der Waals surface area contributed by atoms with E-state index in [1.165, 1.54) is 32.6 Å². The third kappa shape index (κ3) is 1.10. The molecule has 2 nitrogen and oxygen atoms in total. The Morgan fingerprint density at radius 2 is 1.78 bits per heavy atom. The maximum absolute atomic E-state index is 4.27. The van der Waals surface area contributed by atoms with Crippen LogP contribution >= 0.6 is 0 Å². The molecule has 2 heteroatoms. The first kappa shape index (κ1) is 9.66.